The number of benzene rings is 1. The largest absolute Gasteiger partial charge is 0.412 e. The highest BCUT2D eigenvalue weighted by atomic mass is 32.1. The van der Waals surface area contributed by atoms with E-state index in [1.807, 2.05) is 12.1 Å². The Morgan fingerprint density at radius 1 is 1.40 bits per heavy atom. The lowest BCUT2D eigenvalue weighted by atomic mass is 10.2. The second kappa shape index (κ2) is 3.94. The maximum atomic E-state index is 8.38. The smallest absolute Gasteiger partial charge is 0.0992 e. The second-order valence-corrected chi connectivity index (χ2v) is 2.18. The third-order valence-electron chi connectivity index (χ3n) is 0.975. The average molecular weight is 153 g/mol. The molecule has 1 aromatic rings. The van der Waals surface area contributed by atoms with Gasteiger partial charge in [-0.05, 0) is 18.2 Å². The van der Waals surface area contributed by atoms with Gasteiger partial charge in [0.15, 0.2) is 0 Å². The second-order valence-electron chi connectivity index (χ2n) is 1.66. The van der Waals surface area contributed by atoms with Crippen molar-refractivity contribution in [2.24, 2.45) is 0 Å². The summed E-state index contributed by atoms with van der Waals surface area (Å²) >= 11 is 4.06. The zero-order valence-electron chi connectivity index (χ0n) is 5.20. The van der Waals surface area contributed by atoms with Crippen LogP contribution in [0, 0.1) is 11.3 Å². The normalized spacial score (nSPS) is 7.60. The van der Waals surface area contributed by atoms with E-state index in [0.717, 1.165) is 4.90 Å². The summed E-state index contributed by atoms with van der Waals surface area (Å²) in [7, 11) is 0. The first-order chi connectivity index (χ1) is 4.33. The predicted octanol–water partition coefficient (Wildman–Crippen LogP) is 1.02. The van der Waals surface area contributed by atoms with Crippen molar-refractivity contribution in [2.45, 2.75) is 4.90 Å². The van der Waals surface area contributed by atoms with Crippen LogP contribution >= 0.6 is 12.6 Å². The van der Waals surface area contributed by atoms with Gasteiger partial charge in [-0.15, -0.1) is 12.6 Å². The summed E-state index contributed by atoms with van der Waals surface area (Å²) in [6, 6.07) is 9.14. The van der Waals surface area contributed by atoms with E-state index in [1.54, 1.807) is 18.2 Å². The fourth-order valence-electron chi connectivity index (χ4n) is 0.575. The molecule has 0 aromatic heterocycles. The van der Waals surface area contributed by atoms with Crippen LogP contribution in [0.2, 0.25) is 0 Å². The SMILES string of the molecule is N#Cc1cccc(S)c1.O. The summed E-state index contributed by atoms with van der Waals surface area (Å²) in [5.74, 6) is 0. The van der Waals surface area contributed by atoms with Gasteiger partial charge >= 0.3 is 0 Å². The standard InChI is InChI=1S/C7H5NS.H2O/c8-5-6-2-1-3-7(9)4-6;/h1-4,9H;1H2. The van der Waals surface area contributed by atoms with Crippen LogP contribution in [0.3, 0.4) is 0 Å². The van der Waals surface area contributed by atoms with Crippen molar-refractivity contribution in [3.63, 3.8) is 0 Å². The third-order valence-corrected chi connectivity index (χ3v) is 1.25. The fourth-order valence-corrected chi connectivity index (χ4v) is 0.801. The summed E-state index contributed by atoms with van der Waals surface area (Å²) < 4.78 is 0. The maximum absolute atomic E-state index is 8.38. The Morgan fingerprint density at radius 3 is 2.50 bits per heavy atom. The van der Waals surface area contributed by atoms with Gasteiger partial charge in [-0.3, -0.25) is 0 Å². The van der Waals surface area contributed by atoms with Crippen LogP contribution in [-0.4, -0.2) is 5.48 Å². The van der Waals surface area contributed by atoms with E-state index < -0.39 is 0 Å². The molecule has 0 amide bonds. The Kier molecular flexibility index (Phi) is 3.55. The molecular formula is C7H7NOS. The maximum Gasteiger partial charge on any atom is 0.0992 e. The third kappa shape index (κ3) is 2.09. The molecule has 0 unspecified atom stereocenters. The quantitative estimate of drug-likeness (QED) is 0.556. The molecule has 0 saturated heterocycles. The van der Waals surface area contributed by atoms with Crippen molar-refractivity contribution < 1.29 is 5.48 Å². The summed E-state index contributed by atoms with van der Waals surface area (Å²) in [5.41, 5.74) is 0.655. The van der Waals surface area contributed by atoms with E-state index in [2.05, 4.69) is 12.6 Å². The van der Waals surface area contributed by atoms with Crippen molar-refractivity contribution in [3.8, 4) is 6.07 Å². The zero-order chi connectivity index (χ0) is 6.69. The van der Waals surface area contributed by atoms with Crippen LogP contribution in [0.25, 0.3) is 0 Å². The molecule has 1 aromatic carbocycles. The lowest BCUT2D eigenvalue weighted by Crippen LogP contribution is -1.70. The van der Waals surface area contributed by atoms with E-state index in [9.17, 15) is 0 Å². The van der Waals surface area contributed by atoms with Crippen molar-refractivity contribution in [3.05, 3.63) is 29.8 Å². The molecule has 0 fully saturated rings. The van der Waals surface area contributed by atoms with Gasteiger partial charge < -0.3 is 5.48 Å². The summed E-state index contributed by atoms with van der Waals surface area (Å²) in [6.45, 7) is 0. The minimum absolute atomic E-state index is 0. The number of nitrogens with zero attached hydrogens (tertiary/aromatic N) is 1. The van der Waals surface area contributed by atoms with Crippen LogP contribution in [0.5, 0.6) is 0 Å². The van der Waals surface area contributed by atoms with Gasteiger partial charge in [0.05, 0.1) is 11.6 Å². The lowest BCUT2D eigenvalue weighted by molar-refractivity contribution is 0.824. The molecule has 2 nitrogen and oxygen atoms in total. The highest BCUT2D eigenvalue weighted by Crippen LogP contribution is 2.06. The highest BCUT2D eigenvalue weighted by Gasteiger charge is 1.86. The Balaban J connectivity index is 0.000000810. The number of hydrogen-bond acceptors (Lipinski definition) is 2. The monoisotopic (exact) mass is 153 g/mol. The van der Waals surface area contributed by atoms with Crippen molar-refractivity contribution >= 4 is 12.6 Å². The molecule has 1 rings (SSSR count). The Labute approximate surface area is 64.8 Å². The molecule has 0 aliphatic carbocycles. The number of nitriles is 1. The number of hydrogen-bond donors (Lipinski definition) is 1. The Bertz CT molecular complexity index is 254. The van der Waals surface area contributed by atoms with Gasteiger partial charge in [0.1, 0.15) is 0 Å². The Morgan fingerprint density at radius 2 is 2.10 bits per heavy atom. The summed E-state index contributed by atoms with van der Waals surface area (Å²) in [6.07, 6.45) is 0. The van der Waals surface area contributed by atoms with Crippen LogP contribution in [0.4, 0.5) is 0 Å². The van der Waals surface area contributed by atoms with Crippen LogP contribution in [0.15, 0.2) is 29.2 Å². The van der Waals surface area contributed by atoms with E-state index in [-0.39, 0.29) is 5.48 Å². The minimum Gasteiger partial charge on any atom is -0.412 e. The van der Waals surface area contributed by atoms with Gasteiger partial charge in [0, 0.05) is 4.90 Å². The molecule has 0 radical (unpaired) electrons. The molecule has 0 aliphatic heterocycles. The molecule has 0 bridgehead atoms. The first-order valence-corrected chi connectivity index (χ1v) is 2.97. The van der Waals surface area contributed by atoms with Crippen molar-refractivity contribution in [1.82, 2.24) is 0 Å². The van der Waals surface area contributed by atoms with Gasteiger partial charge in [0.25, 0.3) is 0 Å². The van der Waals surface area contributed by atoms with E-state index in [4.69, 9.17) is 5.26 Å². The van der Waals surface area contributed by atoms with Gasteiger partial charge in [-0.2, -0.15) is 5.26 Å². The topological polar surface area (TPSA) is 55.3 Å². The average Bonchev–Trinajstić information content (AvgIpc) is 1.88. The number of thiol groups is 1. The molecule has 2 N–H and O–H groups in total. The molecule has 0 spiro atoms. The first-order valence-electron chi connectivity index (χ1n) is 2.52. The van der Waals surface area contributed by atoms with Gasteiger partial charge in [-0.1, -0.05) is 6.07 Å². The fraction of sp³-hybridized carbons (Fsp3) is 0. The molecule has 3 heteroatoms. The van der Waals surface area contributed by atoms with E-state index in [0.29, 0.717) is 5.56 Å². The summed E-state index contributed by atoms with van der Waals surface area (Å²) in [4.78, 5) is 0.828. The van der Waals surface area contributed by atoms with E-state index >= 15 is 0 Å². The van der Waals surface area contributed by atoms with Crippen molar-refractivity contribution in [1.29, 1.82) is 5.26 Å². The molecule has 0 aliphatic rings. The van der Waals surface area contributed by atoms with Crippen LogP contribution < -0.4 is 0 Å². The molecule has 52 valence electrons. The van der Waals surface area contributed by atoms with Gasteiger partial charge in [0.2, 0.25) is 0 Å². The molecule has 0 heterocycles. The molecule has 0 saturated carbocycles. The molecule has 10 heavy (non-hydrogen) atoms. The first kappa shape index (κ1) is 9.02. The number of rotatable bonds is 0. The molecule has 0 atom stereocenters. The minimum atomic E-state index is 0. The highest BCUT2D eigenvalue weighted by molar-refractivity contribution is 7.80. The summed E-state index contributed by atoms with van der Waals surface area (Å²) in [5, 5.41) is 8.38. The zero-order valence-corrected chi connectivity index (χ0v) is 6.10. The Hall–Kier alpha value is -0.980. The predicted molar refractivity (Wildman–Crippen MR) is 42.0 cm³/mol. The van der Waals surface area contributed by atoms with Crippen molar-refractivity contribution in [2.75, 3.05) is 0 Å². The lowest BCUT2D eigenvalue weighted by Gasteiger charge is -1.87. The molecular weight excluding hydrogens is 146 g/mol. The van der Waals surface area contributed by atoms with Gasteiger partial charge in [-0.25, -0.2) is 0 Å². The van der Waals surface area contributed by atoms with Crippen LogP contribution in [-0.2, 0) is 0 Å². The van der Waals surface area contributed by atoms with E-state index in [1.165, 1.54) is 0 Å². The van der Waals surface area contributed by atoms with Crippen LogP contribution in [0.1, 0.15) is 5.56 Å².